The van der Waals surface area contributed by atoms with Gasteiger partial charge in [0.1, 0.15) is 12.6 Å². The summed E-state index contributed by atoms with van der Waals surface area (Å²) in [7, 11) is -4.15. The van der Waals surface area contributed by atoms with E-state index >= 15 is 0 Å². The fourth-order valence-electron chi connectivity index (χ4n) is 5.09. The van der Waals surface area contributed by atoms with Crippen LogP contribution >= 0.6 is 0 Å². The average Bonchev–Trinajstić information content (AvgIpc) is 2.99. The van der Waals surface area contributed by atoms with Gasteiger partial charge in [-0.05, 0) is 76.4 Å². The van der Waals surface area contributed by atoms with E-state index in [9.17, 15) is 18.0 Å². The summed E-state index contributed by atoms with van der Waals surface area (Å²) >= 11 is 0. The number of sulfonamides is 1. The van der Waals surface area contributed by atoms with Gasteiger partial charge in [0.15, 0.2) is 0 Å². The van der Waals surface area contributed by atoms with Gasteiger partial charge in [0, 0.05) is 18.5 Å². The number of amides is 2. The van der Waals surface area contributed by atoms with Crippen LogP contribution in [0.3, 0.4) is 0 Å². The summed E-state index contributed by atoms with van der Waals surface area (Å²) < 4.78 is 29.6. The quantitative estimate of drug-likeness (QED) is 0.210. The van der Waals surface area contributed by atoms with Crippen molar-refractivity contribution in [1.82, 2.24) is 10.2 Å². The van der Waals surface area contributed by atoms with E-state index in [2.05, 4.69) is 5.32 Å². The first-order valence-electron chi connectivity index (χ1n) is 15.1. The molecular weight excluding hydrogens is 582 g/mol. The van der Waals surface area contributed by atoms with Crippen molar-refractivity contribution in [2.75, 3.05) is 10.8 Å². The highest BCUT2D eigenvalue weighted by Gasteiger charge is 2.36. The normalized spacial score (nSPS) is 12.3. The van der Waals surface area contributed by atoms with E-state index in [0.29, 0.717) is 11.3 Å². The summed E-state index contributed by atoms with van der Waals surface area (Å²) in [5, 5.41) is 3.06. The topological polar surface area (TPSA) is 86.8 Å². The highest BCUT2D eigenvalue weighted by atomic mass is 32.2. The summed E-state index contributed by atoms with van der Waals surface area (Å²) in [6.45, 7) is 11.0. The van der Waals surface area contributed by atoms with Crippen LogP contribution in [-0.4, -0.2) is 43.3 Å². The summed E-state index contributed by atoms with van der Waals surface area (Å²) in [4.78, 5) is 30.2. The molecule has 0 bridgehead atoms. The average molecular weight is 626 g/mol. The smallest absolute Gasteiger partial charge is 0.264 e. The van der Waals surface area contributed by atoms with Gasteiger partial charge in [-0.25, -0.2) is 8.42 Å². The maximum absolute atomic E-state index is 14.6. The van der Waals surface area contributed by atoms with E-state index in [1.54, 1.807) is 36.4 Å². The predicted octanol–water partition coefficient (Wildman–Crippen LogP) is 6.36. The van der Waals surface area contributed by atoms with Crippen LogP contribution in [0.2, 0.25) is 0 Å². The standard InChI is InChI=1S/C37H43N3O4S/c1-27-16-20-31(21-17-27)25-39(34(36(42)38-37(4,5)6)24-30-13-8-7-9-14-30)35(41)26-40(33-15-11-10-12-29(33)3)45(43,44)32-22-18-28(2)19-23-32/h7-23,34H,24-26H2,1-6H3,(H,38,42)/t34-/m1/s1. The lowest BCUT2D eigenvalue weighted by Crippen LogP contribution is -2.56. The fourth-order valence-corrected chi connectivity index (χ4v) is 6.57. The molecule has 0 radical (unpaired) electrons. The molecule has 0 aromatic heterocycles. The first-order valence-corrected chi connectivity index (χ1v) is 16.5. The number of carbonyl (C=O) groups excluding carboxylic acids is 2. The van der Waals surface area contributed by atoms with E-state index in [1.165, 1.54) is 9.21 Å². The van der Waals surface area contributed by atoms with E-state index in [0.717, 1.165) is 22.3 Å². The number of aryl methyl sites for hydroxylation is 3. The molecule has 1 N–H and O–H groups in total. The molecule has 8 heteroatoms. The highest BCUT2D eigenvalue weighted by Crippen LogP contribution is 2.28. The Labute approximate surface area is 268 Å². The first kappa shape index (κ1) is 33.5. The summed E-state index contributed by atoms with van der Waals surface area (Å²) in [6, 6.07) is 30.1. The number of hydrogen-bond acceptors (Lipinski definition) is 4. The molecule has 236 valence electrons. The van der Waals surface area contributed by atoms with Gasteiger partial charge in [0.25, 0.3) is 10.0 Å². The molecule has 0 heterocycles. The Hall–Kier alpha value is -4.43. The van der Waals surface area contributed by atoms with Crippen molar-refractivity contribution >= 4 is 27.5 Å². The van der Waals surface area contributed by atoms with Gasteiger partial charge in [-0.15, -0.1) is 0 Å². The van der Waals surface area contributed by atoms with Crippen LogP contribution in [0, 0.1) is 20.8 Å². The van der Waals surface area contributed by atoms with Crippen molar-refractivity contribution in [3.8, 4) is 0 Å². The van der Waals surface area contributed by atoms with Gasteiger partial charge in [0.05, 0.1) is 10.6 Å². The molecule has 4 aromatic rings. The number of anilines is 1. The second-order valence-corrected chi connectivity index (χ2v) is 14.4. The van der Waals surface area contributed by atoms with Crippen LogP contribution < -0.4 is 9.62 Å². The van der Waals surface area contributed by atoms with Crippen molar-refractivity contribution in [2.45, 2.75) is 71.0 Å². The molecule has 0 fully saturated rings. The molecule has 0 aliphatic heterocycles. The van der Waals surface area contributed by atoms with Crippen molar-refractivity contribution in [1.29, 1.82) is 0 Å². The maximum Gasteiger partial charge on any atom is 0.264 e. The zero-order chi connectivity index (χ0) is 32.8. The first-order chi connectivity index (χ1) is 21.2. The second-order valence-electron chi connectivity index (χ2n) is 12.6. The highest BCUT2D eigenvalue weighted by molar-refractivity contribution is 7.92. The number of nitrogens with one attached hydrogen (secondary N) is 1. The third kappa shape index (κ3) is 8.82. The largest absolute Gasteiger partial charge is 0.350 e. The van der Waals surface area contributed by atoms with Crippen LogP contribution in [0.15, 0.2) is 108 Å². The van der Waals surface area contributed by atoms with Crippen LogP contribution in [0.5, 0.6) is 0 Å². The van der Waals surface area contributed by atoms with E-state index in [1.807, 2.05) is 108 Å². The van der Waals surface area contributed by atoms with Gasteiger partial charge in [0.2, 0.25) is 11.8 Å². The Bertz CT molecular complexity index is 1710. The fraction of sp³-hybridized carbons (Fsp3) is 0.297. The monoisotopic (exact) mass is 625 g/mol. The lowest BCUT2D eigenvalue weighted by Gasteiger charge is -2.35. The zero-order valence-electron chi connectivity index (χ0n) is 26.9. The van der Waals surface area contributed by atoms with E-state index in [-0.39, 0.29) is 23.8 Å². The van der Waals surface area contributed by atoms with Crippen molar-refractivity contribution in [3.05, 3.63) is 131 Å². The Morgan fingerprint density at radius 3 is 1.87 bits per heavy atom. The molecule has 45 heavy (non-hydrogen) atoms. The molecule has 4 rings (SSSR count). The van der Waals surface area contributed by atoms with Crippen LogP contribution in [-0.2, 0) is 32.6 Å². The Morgan fingerprint density at radius 1 is 0.733 bits per heavy atom. The maximum atomic E-state index is 14.6. The number of carbonyl (C=O) groups is 2. The Balaban J connectivity index is 1.82. The number of rotatable bonds is 11. The molecule has 7 nitrogen and oxygen atoms in total. The van der Waals surface area contributed by atoms with Gasteiger partial charge >= 0.3 is 0 Å². The minimum absolute atomic E-state index is 0.0838. The van der Waals surface area contributed by atoms with Gasteiger partial charge in [-0.3, -0.25) is 13.9 Å². The molecular formula is C37H43N3O4S. The van der Waals surface area contributed by atoms with Crippen molar-refractivity contribution < 1.29 is 18.0 Å². The zero-order valence-corrected chi connectivity index (χ0v) is 27.8. The van der Waals surface area contributed by atoms with Crippen molar-refractivity contribution in [3.63, 3.8) is 0 Å². The number of nitrogens with zero attached hydrogens (tertiary/aromatic N) is 2. The Morgan fingerprint density at radius 2 is 1.29 bits per heavy atom. The van der Waals surface area contributed by atoms with E-state index in [4.69, 9.17) is 0 Å². The van der Waals surface area contributed by atoms with Crippen LogP contribution in [0.1, 0.15) is 48.6 Å². The van der Waals surface area contributed by atoms with E-state index < -0.39 is 34.1 Å². The van der Waals surface area contributed by atoms with Gasteiger partial charge < -0.3 is 10.2 Å². The predicted molar refractivity (Wildman–Crippen MR) is 180 cm³/mol. The lowest BCUT2D eigenvalue weighted by atomic mass is 10.0. The minimum Gasteiger partial charge on any atom is -0.350 e. The molecule has 0 saturated heterocycles. The molecule has 0 saturated carbocycles. The molecule has 2 amide bonds. The molecule has 0 aliphatic carbocycles. The summed E-state index contributed by atoms with van der Waals surface area (Å²) in [5.74, 6) is -0.796. The van der Waals surface area contributed by atoms with Crippen molar-refractivity contribution in [2.24, 2.45) is 0 Å². The molecule has 0 unspecified atom stereocenters. The number of benzene rings is 4. The SMILES string of the molecule is Cc1ccc(CN(C(=O)CN(c2ccccc2C)S(=O)(=O)c2ccc(C)cc2)[C@H](Cc2ccccc2)C(=O)NC(C)(C)C)cc1. The number of para-hydroxylation sites is 1. The second kappa shape index (κ2) is 14.1. The Kier molecular flexibility index (Phi) is 10.5. The molecule has 0 aliphatic rings. The van der Waals surface area contributed by atoms with Crippen LogP contribution in [0.4, 0.5) is 5.69 Å². The van der Waals surface area contributed by atoms with Gasteiger partial charge in [-0.2, -0.15) is 0 Å². The van der Waals surface area contributed by atoms with Crippen LogP contribution in [0.25, 0.3) is 0 Å². The number of hydrogen-bond donors (Lipinski definition) is 1. The van der Waals surface area contributed by atoms with Gasteiger partial charge in [-0.1, -0.05) is 96.1 Å². The summed E-state index contributed by atoms with van der Waals surface area (Å²) in [6.07, 6.45) is 0.259. The molecule has 1 atom stereocenters. The summed E-state index contributed by atoms with van der Waals surface area (Å²) in [5.41, 5.74) is 4.27. The molecule has 0 spiro atoms. The minimum atomic E-state index is -4.15. The third-order valence-corrected chi connectivity index (χ3v) is 9.29. The molecule has 4 aromatic carbocycles. The third-order valence-electron chi connectivity index (χ3n) is 7.51. The lowest BCUT2D eigenvalue weighted by molar-refractivity contribution is -0.140.